The molecule has 0 aliphatic carbocycles. The molecular weight excluding hydrogens is 431 g/mol. The fourth-order valence-electron chi connectivity index (χ4n) is 3.25. The molecule has 1 atom stereocenters. The monoisotopic (exact) mass is 450 g/mol. The molecular formula is C20H20ClFN4O3S. The molecule has 0 aromatic heterocycles. The Kier molecular flexibility index (Phi) is 6.73. The summed E-state index contributed by atoms with van der Waals surface area (Å²) in [5.74, 6) is -0.823. The lowest BCUT2D eigenvalue weighted by Gasteiger charge is -2.36. The largest absolute Gasteiger partial charge is 0.323 e. The van der Waals surface area contributed by atoms with Gasteiger partial charge in [0, 0.05) is 26.2 Å². The Morgan fingerprint density at radius 3 is 2.50 bits per heavy atom. The van der Waals surface area contributed by atoms with Crippen molar-refractivity contribution < 1.29 is 17.6 Å². The lowest BCUT2D eigenvalue weighted by molar-refractivity contribution is -0.121. The maximum atomic E-state index is 13.2. The highest BCUT2D eigenvalue weighted by Gasteiger charge is 2.33. The van der Waals surface area contributed by atoms with Crippen molar-refractivity contribution in [2.45, 2.75) is 17.9 Å². The molecule has 1 heterocycles. The minimum absolute atomic E-state index is 0.0160. The average molecular weight is 451 g/mol. The molecule has 1 aliphatic rings. The van der Waals surface area contributed by atoms with Crippen molar-refractivity contribution in [3.8, 4) is 6.07 Å². The number of benzene rings is 2. The maximum Gasteiger partial charge on any atom is 0.244 e. The van der Waals surface area contributed by atoms with Crippen LogP contribution in [0.3, 0.4) is 0 Å². The highest BCUT2D eigenvalue weighted by Crippen LogP contribution is 2.24. The van der Waals surface area contributed by atoms with Gasteiger partial charge in [-0.25, -0.2) is 12.8 Å². The second kappa shape index (κ2) is 9.10. The van der Waals surface area contributed by atoms with E-state index in [0.717, 1.165) is 6.07 Å². The number of carbonyl (C=O) groups excluding carboxylic acids is 1. The summed E-state index contributed by atoms with van der Waals surface area (Å²) in [6.07, 6.45) is 0. The van der Waals surface area contributed by atoms with Gasteiger partial charge in [-0.15, -0.1) is 0 Å². The number of carbonyl (C=O) groups is 1. The molecule has 1 amide bonds. The molecule has 7 nitrogen and oxygen atoms in total. The summed E-state index contributed by atoms with van der Waals surface area (Å²) < 4.78 is 40.3. The number of anilines is 1. The van der Waals surface area contributed by atoms with Crippen LogP contribution in [-0.2, 0) is 14.8 Å². The first-order valence-electron chi connectivity index (χ1n) is 9.23. The Hall–Kier alpha value is -2.51. The Labute approximate surface area is 179 Å². The molecule has 0 radical (unpaired) electrons. The SMILES string of the molecule is C[C@@H](C(=O)Nc1ccc(F)cc1Cl)N1CCN(S(=O)(=O)c2ccccc2C#N)CC1. The number of nitrogens with zero attached hydrogens (tertiary/aromatic N) is 3. The van der Waals surface area contributed by atoms with Gasteiger partial charge in [-0.05, 0) is 37.3 Å². The van der Waals surface area contributed by atoms with Crippen LogP contribution in [0.2, 0.25) is 5.02 Å². The van der Waals surface area contributed by atoms with Crippen LogP contribution in [0.4, 0.5) is 10.1 Å². The third-order valence-electron chi connectivity index (χ3n) is 5.01. The van der Waals surface area contributed by atoms with Gasteiger partial charge in [0.05, 0.1) is 27.2 Å². The van der Waals surface area contributed by atoms with E-state index in [1.165, 1.54) is 28.6 Å². The summed E-state index contributed by atoms with van der Waals surface area (Å²) in [5, 5.41) is 12.0. The molecule has 158 valence electrons. The molecule has 0 saturated carbocycles. The molecule has 2 aromatic rings. The van der Waals surface area contributed by atoms with Crippen LogP contribution in [0.25, 0.3) is 0 Å². The Balaban J connectivity index is 1.64. The lowest BCUT2D eigenvalue weighted by atomic mass is 10.2. The molecule has 10 heteroatoms. The van der Waals surface area contributed by atoms with Crippen molar-refractivity contribution in [3.63, 3.8) is 0 Å². The number of nitriles is 1. The van der Waals surface area contributed by atoms with Gasteiger partial charge >= 0.3 is 0 Å². The van der Waals surface area contributed by atoms with E-state index in [1.807, 2.05) is 11.0 Å². The van der Waals surface area contributed by atoms with E-state index in [0.29, 0.717) is 18.8 Å². The van der Waals surface area contributed by atoms with E-state index >= 15 is 0 Å². The zero-order valence-electron chi connectivity index (χ0n) is 16.2. The van der Waals surface area contributed by atoms with Crippen molar-refractivity contribution in [1.82, 2.24) is 9.21 Å². The number of piperazine rings is 1. The van der Waals surface area contributed by atoms with Crippen LogP contribution in [0.5, 0.6) is 0 Å². The van der Waals surface area contributed by atoms with Crippen LogP contribution in [-0.4, -0.2) is 55.8 Å². The molecule has 3 rings (SSSR count). The van der Waals surface area contributed by atoms with Crippen LogP contribution < -0.4 is 5.32 Å². The van der Waals surface area contributed by atoms with E-state index in [2.05, 4.69) is 5.32 Å². The molecule has 1 saturated heterocycles. The molecule has 2 aromatic carbocycles. The first-order chi connectivity index (χ1) is 14.2. The van der Waals surface area contributed by atoms with Crippen molar-refractivity contribution in [1.29, 1.82) is 5.26 Å². The zero-order chi connectivity index (χ0) is 21.9. The van der Waals surface area contributed by atoms with Gasteiger partial charge in [0.1, 0.15) is 11.9 Å². The molecule has 0 spiro atoms. The van der Waals surface area contributed by atoms with Crippen molar-refractivity contribution >= 4 is 33.2 Å². The number of sulfonamides is 1. The minimum atomic E-state index is -3.80. The topological polar surface area (TPSA) is 93.5 Å². The van der Waals surface area contributed by atoms with Crippen molar-refractivity contribution in [2.75, 3.05) is 31.5 Å². The summed E-state index contributed by atoms with van der Waals surface area (Å²) in [6, 6.07) is 11.2. The molecule has 0 bridgehead atoms. The lowest BCUT2D eigenvalue weighted by Crippen LogP contribution is -2.54. The van der Waals surface area contributed by atoms with E-state index in [4.69, 9.17) is 11.6 Å². The zero-order valence-corrected chi connectivity index (χ0v) is 17.8. The number of nitrogens with one attached hydrogen (secondary N) is 1. The highest BCUT2D eigenvalue weighted by atomic mass is 35.5. The first kappa shape index (κ1) is 22.2. The predicted octanol–water partition coefficient (Wildman–Crippen LogP) is 2.68. The van der Waals surface area contributed by atoms with Crippen LogP contribution in [0, 0.1) is 17.1 Å². The number of amides is 1. The summed E-state index contributed by atoms with van der Waals surface area (Å²) in [7, 11) is -3.80. The van der Waals surface area contributed by atoms with Crippen LogP contribution >= 0.6 is 11.6 Å². The number of rotatable bonds is 5. The first-order valence-corrected chi connectivity index (χ1v) is 11.0. The number of hydrogen-bond acceptors (Lipinski definition) is 5. The third kappa shape index (κ3) is 4.63. The Morgan fingerprint density at radius 2 is 1.87 bits per heavy atom. The van der Waals surface area contributed by atoms with E-state index in [1.54, 1.807) is 19.1 Å². The summed E-state index contributed by atoms with van der Waals surface area (Å²) in [5.41, 5.74) is 0.410. The minimum Gasteiger partial charge on any atom is -0.323 e. The fraction of sp³-hybridized carbons (Fsp3) is 0.300. The van der Waals surface area contributed by atoms with E-state index in [9.17, 15) is 22.9 Å². The highest BCUT2D eigenvalue weighted by molar-refractivity contribution is 7.89. The molecule has 1 aliphatic heterocycles. The van der Waals surface area contributed by atoms with Gasteiger partial charge in [-0.1, -0.05) is 23.7 Å². The second-order valence-corrected chi connectivity index (χ2v) is 9.15. The van der Waals surface area contributed by atoms with Gasteiger partial charge in [0.2, 0.25) is 15.9 Å². The van der Waals surface area contributed by atoms with Crippen molar-refractivity contribution in [3.05, 3.63) is 58.9 Å². The molecule has 1 N–H and O–H groups in total. The van der Waals surface area contributed by atoms with Crippen LogP contribution in [0.1, 0.15) is 12.5 Å². The number of hydrogen-bond donors (Lipinski definition) is 1. The second-order valence-electron chi connectivity index (χ2n) is 6.84. The van der Waals surface area contributed by atoms with Crippen molar-refractivity contribution in [2.24, 2.45) is 0 Å². The normalized spacial score (nSPS) is 16.6. The Morgan fingerprint density at radius 1 is 1.20 bits per heavy atom. The van der Waals surface area contributed by atoms with Gasteiger partial charge in [0.25, 0.3) is 0 Å². The predicted molar refractivity (Wildman–Crippen MR) is 111 cm³/mol. The molecule has 0 unspecified atom stereocenters. The summed E-state index contributed by atoms with van der Waals surface area (Å²) in [6.45, 7) is 2.79. The maximum absolute atomic E-state index is 13.2. The summed E-state index contributed by atoms with van der Waals surface area (Å²) >= 11 is 5.95. The fourth-order valence-corrected chi connectivity index (χ4v) is 5.03. The van der Waals surface area contributed by atoms with Gasteiger partial charge in [-0.2, -0.15) is 9.57 Å². The quantitative estimate of drug-likeness (QED) is 0.755. The smallest absolute Gasteiger partial charge is 0.244 e. The van der Waals surface area contributed by atoms with Gasteiger partial charge < -0.3 is 5.32 Å². The molecule has 30 heavy (non-hydrogen) atoms. The summed E-state index contributed by atoms with van der Waals surface area (Å²) in [4.78, 5) is 14.4. The van der Waals surface area contributed by atoms with E-state index in [-0.39, 0.29) is 34.5 Å². The Bertz CT molecular complexity index is 1100. The van der Waals surface area contributed by atoms with E-state index < -0.39 is 21.9 Å². The van der Waals surface area contributed by atoms with Gasteiger partial charge in [0.15, 0.2) is 0 Å². The third-order valence-corrected chi connectivity index (χ3v) is 7.28. The standard InChI is InChI=1S/C20H20ClFN4O3S/c1-14(20(27)24-18-7-6-16(22)12-17(18)21)25-8-10-26(11-9-25)30(28,29)19-5-3-2-4-15(19)13-23/h2-7,12,14H,8-11H2,1H3,(H,24,27)/t14-/m0/s1. The average Bonchev–Trinajstić information content (AvgIpc) is 2.75. The van der Waals surface area contributed by atoms with Crippen LogP contribution in [0.15, 0.2) is 47.4 Å². The number of halogens is 2. The van der Waals surface area contributed by atoms with Gasteiger partial charge in [-0.3, -0.25) is 9.69 Å². The molecule has 1 fully saturated rings.